The minimum Gasteiger partial charge on any atom is -0.396 e. The van der Waals surface area contributed by atoms with Crippen molar-refractivity contribution < 1.29 is 18.1 Å². The zero-order valence-corrected chi connectivity index (χ0v) is 8.72. The molecule has 4 nitrogen and oxygen atoms in total. The summed E-state index contributed by atoms with van der Waals surface area (Å²) in [6, 6.07) is 3.86. The van der Waals surface area contributed by atoms with E-state index in [1.807, 2.05) is 0 Å². The lowest BCUT2D eigenvalue weighted by Crippen LogP contribution is -1.99. The molecule has 14 heavy (non-hydrogen) atoms. The second-order valence-electron chi connectivity index (χ2n) is 2.70. The van der Waals surface area contributed by atoms with Crippen LogP contribution in [-0.4, -0.2) is 24.7 Å². The van der Waals surface area contributed by atoms with Gasteiger partial charge in [-0.2, -0.15) is 8.42 Å². The van der Waals surface area contributed by atoms with Crippen molar-refractivity contribution in [3.8, 4) is 0 Å². The Kier molecular flexibility index (Phi) is 3.49. The van der Waals surface area contributed by atoms with Gasteiger partial charge in [-0.05, 0) is 24.1 Å². The molecule has 0 bridgehead atoms. The molecule has 2 N–H and O–H groups in total. The standard InChI is InChI=1S/C8H9ClO4S/c9-8-5-7(14(11,12)13)2-1-6(8)3-4-10/h1-2,5,10H,3-4H2,(H,11,12,13). The fourth-order valence-corrected chi connectivity index (χ4v) is 1.86. The predicted octanol–water partition coefficient (Wildman–Crippen LogP) is 1.12. The monoisotopic (exact) mass is 236 g/mol. The smallest absolute Gasteiger partial charge is 0.294 e. The maximum absolute atomic E-state index is 10.7. The lowest BCUT2D eigenvalue weighted by Gasteiger charge is -2.03. The van der Waals surface area contributed by atoms with Gasteiger partial charge in [0, 0.05) is 11.6 Å². The van der Waals surface area contributed by atoms with E-state index in [2.05, 4.69) is 0 Å². The fourth-order valence-electron chi connectivity index (χ4n) is 1.01. The van der Waals surface area contributed by atoms with Gasteiger partial charge in [0.25, 0.3) is 10.1 Å². The van der Waals surface area contributed by atoms with Crippen LogP contribution >= 0.6 is 11.6 Å². The maximum Gasteiger partial charge on any atom is 0.294 e. The van der Waals surface area contributed by atoms with Gasteiger partial charge < -0.3 is 5.11 Å². The van der Waals surface area contributed by atoms with Crippen LogP contribution in [0.3, 0.4) is 0 Å². The molecule has 0 atom stereocenters. The molecule has 0 amide bonds. The Hall–Kier alpha value is -0.620. The van der Waals surface area contributed by atoms with Crippen LogP contribution in [0.25, 0.3) is 0 Å². The zero-order valence-electron chi connectivity index (χ0n) is 7.14. The van der Waals surface area contributed by atoms with E-state index in [-0.39, 0.29) is 16.5 Å². The van der Waals surface area contributed by atoms with Crippen LogP contribution in [0.1, 0.15) is 5.56 Å². The van der Waals surface area contributed by atoms with Crippen molar-refractivity contribution in [3.63, 3.8) is 0 Å². The third kappa shape index (κ3) is 2.68. The quantitative estimate of drug-likeness (QED) is 0.772. The van der Waals surface area contributed by atoms with Crippen LogP contribution in [0.5, 0.6) is 0 Å². The first-order chi connectivity index (χ1) is 6.45. The van der Waals surface area contributed by atoms with Gasteiger partial charge in [-0.25, -0.2) is 0 Å². The van der Waals surface area contributed by atoms with Gasteiger partial charge in [0.05, 0.1) is 4.90 Å². The zero-order chi connectivity index (χ0) is 10.8. The molecule has 0 saturated heterocycles. The molecule has 1 aromatic carbocycles. The molecule has 0 radical (unpaired) electrons. The molecule has 1 aromatic rings. The van der Waals surface area contributed by atoms with Crippen LogP contribution in [0, 0.1) is 0 Å². The van der Waals surface area contributed by atoms with E-state index >= 15 is 0 Å². The van der Waals surface area contributed by atoms with Crippen molar-refractivity contribution in [3.05, 3.63) is 28.8 Å². The summed E-state index contributed by atoms with van der Waals surface area (Å²) < 4.78 is 30.1. The number of benzene rings is 1. The predicted molar refractivity (Wildman–Crippen MR) is 52.1 cm³/mol. The minimum absolute atomic E-state index is 0.0645. The normalized spacial score (nSPS) is 11.6. The summed E-state index contributed by atoms with van der Waals surface area (Å²) in [5.41, 5.74) is 0.640. The Morgan fingerprint density at radius 2 is 2.00 bits per heavy atom. The molecule has 6 heteroatoms. The number of aliphatic hydroxyl groups excluding tert-OH is 1. The molecule has 0 aliphatic carbocycles. The van der Waals surface area contributed by atoms with Crippen molar-refractivity contribution >= 4 is 21.7 Å². The summed E-state index contributed by atoms with van der Waals surface area (Å²) in [5.74, 6) is 0. The third-order valence-electron chi connectivity index (χ3n) is 1.70. The van der Waals surface area contributed by atoms with Crippen LogP contribution < -0.4 is 0 Å². The van der Waals surface area contributed by atoms with E-state index in [0.717, 1.165) is 6.07 Å². The number of rotatable bonds is 3. The first-order valence-corrected chi connectivity index (χ1v) is 5.63. The lowest BCUT2D eigenvalue weighted by molar-refractivity contribution is 0.299. The van der Waals surface area contributed by atoms with Crippen molar-refractivity contribution in [2.24, 2.45) is 0 Å². The van der Waals surface area contributed by atoms with Gasteiger partial charge in [0.1, 0.15) is 0 Å². The van der Waals surface area contributed by atoms with E-state index in [1.165, 1.54) is 12.1 Å². The van der Waals surface area contributed by atoms with Crippen LogP contribution in [-0.2, 0) is 16.5 Å². The summed E-state index contributed by atoms with van der Waals surface area (Å²) in [6.07, 6.45) is 0.352. The molecule has 0 aromatic heterocycles. The Bertz CT molecular complexity index is 427. The van der Waals surface area contributed by atoms with Crippen LogP contribution in [0.2, 0.25) is 5.02 Å². The Balaban J connectivity index is 3.13. The van der Waals surface area contributed by atoms with Crippen molar-refractivity contribution in [2.75, 3.05) is 6.61 Å². The molecule has 0 heterocycles. The van der Waals surface area contributed by atoms with E-state index in [1.54, 1.807) is 0 Å². The highest BCUT2D eigenvalue weighted by Gasteiger charge is 2.11. The first-order valence-electron chi connectivity index (χ1n) is 3.82. The van der Waals surface area contributed by atoms with Crippen molar-refractivity contribution in [1.29, 1.82) is 0 Å². The highest BCUT2D eigenvalue weighted by molar-refractivity contribution is 7.85. The van der Waals surface area contributed by atoms with Gasteiger partial charge in [-0.3, -0.25) is 4.55 Å². The number of aliphatic hydroxyl groups is 1. The van der Waals surface area contributed by atoms with Gasteiger partial charge >= 0.3 is 0 Å². The van der Waals surface area contributed by atoms with Gasteiger partial charge in [-0.1, -0.05) is 17.7 Å². The summed E-state index contributed by atoms with van der Waals surface area (Å²) >= 11 is 5.73. The van der Waals surface area contributed by atoms with E-state index in [9.17, 15) is 8.42 Å². The summed E-state index contributed by atoms with van der Waals surface area (Å²) in [5, 5.41) is 8.86. The Morgan fingerprint density at radius 1 is 1.36 bits per heavy atom. The highest BCUT2D eigenvalue weighted by atomic mass is 35.5. The van der Waals surface area contributed by atoms with Gasteiger partial charge in [-0.15, -0.1) is 0 Å². The minimum atomic E-state index is -4.20. The summed E-state index contributed by atoms with van der Waals surface area (Å²) in [6.45, 7) is -0.0645. The molecular formula is C8H9ClO4S. The van der Waals surface area contributed by atoms with Gasteiger partial charge in [0.2, 0.25) is 0 Å². The average molecular weight is 237 g/mol. The van der Waals surface area contributed by atoms with Crippen molar-refractivity contribution in [2.45, 2.75) is 11.3 Å². The Labute approximate surface area is 86.9 Å². The molecule has 0 saturated carbocycles. The highest BCUT2D eigenvalue weighted by Crippen LogP contribution is 2.20. The molecule has 0 fully saturated rings. The molecule has 0 aliphatic heterocycles. The third-order valence-corrected chi connectivity index (χ3v) is 2.91. The number of hydrogen-bond donors (Lipinski definition) is 2. The molecule has 0 spiro atoms. The molecule has 1 rings (SSSR count). The van der Waals surface area contributed by atoms with Crippen LogP contribution in [0.15, 0.2) is 23.1 Å². The first kappa shape index (κ1) is 11.5. The summed E-state index contributed by atoms with van der Waals surface area (Å²) in [4.78, 5) is -0.246. The second-order valence-corrected chi connectivity index (χ2v) is 4.53. The molecule has 0 unspecified atom stereocenters. The van der Waals surface area contributed by atoms with E-state index < -0.39 is 10.1 Å². The van der Waals surface area contributed by atoms with Crippen LogP contribution in [0.4, 0.5) is 0 Å². The number of halogens is 1. The van der Waals surface area contributed by atoms with E-state index in [4.69, 9.17) is 21.3 Å². The fraction of sp³-hybridized carbons (Fsp3) is 0.250. The largest absolute Gasteiger partial charge is 0.396 e. The molecule has 0 aliphatic rings. The van der Waals surface area contributed by atoms with Crippen molar-refractivity contribution in [1.82, 2.24) is 0 Å². The average Bonchev–Trinajstić information content (AvgIpc) is 2.07. The molecular weight excluding hydrogens is 228 g/mol. The maximum atomic E-state index is 10.7. The summed E-state index contributed by atoms with van der Waals surface area (Å²) in [7, 11) is -4.20. The van der Waals surface area contributed by atoms with Gasteiger partial charge in [0.15, 0.2) is 0 Å². The van der Waals surface area contributed by atoms with E-state index in [0.29, 0.717) is 12.0 Å². The Morgan fingerprint density at radius 3 is 2.43 bits per heavy atom. The lowest BCUT2D eigenvalue weighted by atomic mass is 10.2. The number of hydrogen-bond acceptors (Lipinski definition) is 3. The second kappa shape index (κ2) is 4.27. The molecule has 78 valence electrons. The SMILES string of the molecule is O=S(=O)(O)c1ccc(CCO)c(Cl)c1. The topological polar surface area (TPSA) is 74.6 Å².